The molecule has 18 nitrogen and oxygen atoms in total. The van der Waals surface area contributed by atoms with E-state index in [0.717, 1.165) is 147 Å². The van der Waals surface area contributed by atoms with E-state index >= 15 is 0 Å². The van der Waals surface area contributed by atoms with Gasteiger partial charge in [-0.2, -0.15) is 15.3 Å². The summed E-state index contributed by atoms with van der Waals surface area (Å²) >= 11 is 0. The summed E-state index contributed by atoms with van der Waals surface area (Å²) in [6, 6.07) is 1.70. The average molecular weight is 1390 g/mol. The number of nitrogens with zero attached hydrogens (tertiary/aromatic N) is 6. The summed E-state index contributed by atoms with van der Waals surface area (Å²) in [5.74, 6) is 5.27. The van der Waals surface area contributed by atoms with Crippen LogP contribution in [0.2, 0.25) is 0 Å². The zero-order valence-corrected chi connectivity index (χ0v) is 62.7. The molecule has 0 aromatic carbocycles. The van der Waals surface area contributed by atoms with Crippen LogP contribution in [-0.4, -0.2) is 103 Å². The van der Waals surface area contributed by atoms with Crippen molar-refractivity contribution in [2.24, 2.45) is 75.4 Å². The third-order valence-corrected chi connectivity index (χ3v) is 29.5. The van der Waals surface area contributed by atoms with Gasteiger partial charge in [-0.05, 0) is 265 Å². The van der Waals surface area contributed by atoms with Crippen LogP contribution in [0.25, 0.3) is 0 Å². The molecule has 19 rings (SSSR count). The van der Waals surface area contributed by atoms with Crippen LogP contribution in [0.5, 0.6) is 0 Å². The van der Waals surface area contributed by atoms with E-state index in [1.807, 2.05) is 20.8 Å². The molecule has 16 aliphatic rings. The number of fused-ring (bicyclic) bond motifs is 5. The number of hydrogen-bond donors (Lipinski definition) is 3. The first-order chi connectivity index (χ1) is 48.8. The largest absolute Gasteiger partial charge is 0.466 e. The lowest BCUT2D eigenvalue weighted by Crippen LogP contribution is -2.56. The Labute approximate surface area is 601 Å². The van der Waals surface area contributed by atoms with Crippen molar-refractivity contribution in [3.8, 4) is 0 Å². The van der Waals surface area contributed by atoms with Crippen molar-refractivity contribution in [1.29, 1.82) is 0 Å². The Kier molecular flexibility index (Phi) is 20.7. The third kappa shape index (κ3) is 13.8. The molecule has 0 aliphatic heterocycles. The van der Waals surface area contributed by atoms with Gasteiger partial charge in [-0.3, -0.25) is 42.8 Å². The van der Waals surface area contributed by atoms with Crippen molar-refractivity contribution >= 4 is 35.6 Å². The molecule has 10 bridgehead atoms. The molecule has 0 saturated heterocycles. The fourth-order valence-corrected chi connectivity index (χ4v) is 25.2. The Hall–Kier alpha value is -5.55. The molecule has 3 amide bonds. The van der Waals surface area contributed by atoms with Crippen molar-refractivity contribution in [2.75, 3.05) is 19.8 Å². The fourth-order valence-electron chi connectivity index (χ4n) is 25.2. The highest BCUT2D eigenvalue weighted by molar-refractivity contribution is 5.97. The van der Waals surface area contributed by atoms with Crippen molar-refractivity contribution in [2.45, 2.75) is 335 Å². The second kappa shape index (κ2) is 29.4. The first kappa shape index (κ1) is 71.1. The van der Waals surface area contributed by atoms with Crippen LogP contribution in [-0.2, 0) is 60.7 Å². The quantitative estimate of drug-likeness (QED) is 0.0901. The van der Waals surface area contributed by atoms with Crippen molar-refractivity contribution in [3.05, 3.63) is 50.9 Å². The van der Waals surface area contributed by atoms with Gasteiger partial charge in [0, 0.05) is 64.7 Å². The molecule has 18 heteroatoms. The number of rotatable bonds is 16. The van der Waals surface area contributed by atoms with Gasteiger partial charge in [0.2, 0.25) is 0 Å². The molecule has 13 saturated carbocycles. The van der Waals surface area contributed by atoms with E-state index in [0.29, 0.717) is 85.6 Å². The van der Waals surface area contributed by atoms with Crippen LogP contribution in [0, 0.1) is 75.4 Å². The van der Waals surface area contributed by atoms with E-state index in [1.165, 1.54) is 148 Å². The van der Waals surface area contributed by atoms with Crippen molar-refractivity contribution < 1.29 is 43.0 Å². The number of amides is 3. The number of carbonyl (C=O) groups excluding carboxylic acids is 6. The zero-order valence-electron chi connectivity index (χ0n) is 62.7. The Morgan fingerprint density at radius 3 is 1.40 bits per heavy atom. The summed E-state index contributed by atoms with van der Waals surface area (Å²) in [7, 11) is 0. The first-order valence-corrected chi connectivity index (χ1v) is 41.6. The normalized spacial score (nSPS) is 34.4. The van der Waals surface area contributed by atoms with E-state index in [9.17, 15) is 28.8 Å². The van der Waals surface area contributed by atoms with Crippen LogP contribution in [0.15, 0.2) is 0 Å². The van der Waals surface area contributed by atoms with Gasteiger partial charge in [-0.25, -0.2) is 0 Å². The highest BCUT2D eigenvalue weighted by Crippen LogP contribution is 2.64. The summed E-state index contributed by atoms with van der Waals surface area (Å²) in [5, 5.41) is 25.4. The molecular formula is C83H123N9O9. The predicted octanol–water partition coefficient (Wildman–Crippen LogP) is 15.3. The highest BCUT2D eigenvalue weighted by atomic mass is 16.5. The number of esters is 3. The first-order valence-electron chi connectivity index (χ1n) is 41.6. The van der Waals surface area contributed by atoms with E-state index in [1.54, 1.807) is 0 Å². The monoisotopic (exact) mass is 1390 g/mol. The van der Waals surface area contributed by atoms with Gasteiger partial charge < -0.3 is 30.2 Å². The molecule has 3 N–H and O–H groups in total. The van der Waals surface area contributed by atoms with Crippen molar-refractivity contribution in [1.82, 2.24) is 45.3 Å². The number of hydrogen-bond acceptors (Lipinski definition) is 12. The molecule has 554 valence electrons. The summed E-state index contributed by atoms with van der Waals surface area (Å²) in [4.78, 5) is 79.3. The lowest BCUT2D eigenvalue weighted by molar-refractivity contribution is -0.149. The molecule has 3 aromatic heterocycles. The van der Waals surface area contributed by atoms with Gasteiger partial charge >= 0.3 is 17.9 Å². The van der Waals surface area contributed by atoms with Crippen molar-refractivity contribution in [3.63, 3.8) is 0 Å². The molecule has 0 spiro atoms. The van der Waals surface area contributed by atoms with E-state index in [2.05, 4.69) is 57.7 Å². The van der Waals surface area contributed by atoms with Gasteiger partial charge in [-0.1, -0.05) is 78.6 Å². The Morgan fingerprint density at radius 2 is 0.921 bits per heavy atom. The maximum atomic E-state index is 13.8. The van der Waals surface area contributed by atoms with Gasteiger partial charge in [0.05, 0.1) is 55.7 Å². The number of nitrogens with one attached hydrogen (secondary N) is 3. The molecule has 13 fully saturated rings. The van der Waals surface area contributed by atoms with Gasteiger partial charge in [-0.15, -0.1) is 0 Å². The zero-order chi connectivity index (χ0) is 70.1. The number of aromatic nitrogens is 6. The summed E-state index contributed by atoms with van der Waals surface area (Å²) in [5.41, 5.74) is 8.74. The van der Waals surface area contributed by atoms with Gasteiger partial charge in [0.1, 0.15) is 0 Å². The molecule has 7 atom stereocenters. The maximum absolute atomic E-state index is 13.8. The Morgan fingerprint density at radius 1 is 0.475 bits per heavy atom. The second-order valence-electron chi connectivity index (χ2n) is 36.3. The lowest BCUT2D eigenvalue weighted by Gasteiger charge is -2.59. The SMILES string of the molecule is CCOC(=O)C1CCCc2c1c(C(=O)NC1C3CC4CC(C3)CC1C4)nn2C1CCCCC1.CCOC(=O)C1CCc2c(C(=O)NC(C)C34CC5CC(CC(C5)C3)C4)nn(C3CCCCC3)c2C1.CCOC(=O)C1CCc2c(C(=O)NC3C4(C)CCC(C4)C3(C)C)nn(C3CCCCC3)c2C1. The van der Waals surface area contributed by atoms with Crippen LogP contribution in [0.3, 0.4) is 0 Å². The molecule has 3 aromatic rings. The fraction of sp³-hybridized carbons (Fsp3) is 0.819. The van der Waals surface area contributed by atoms with E-state index in [-0.39, 0.29) is 87.8 Å². The third-order valence-electron chi connectivity index (χ3n) is 29.5. The Bertz CT molecular complexity index is 3470. The number of carbonyl (C=O) groups is 6. The average Bonchev–Trinajstić information content (AvgIpc) is 1.69. The van der Waals surface area contributed by atoms with Crippen LogP contribution < -0.4 is 16.0 Å². The second-order valence-corrected chi connectivity index (χ2v) is 36.3. The van der Waals surface area contributed by atoms with E-state index in [4.69, 9.17) is 29.5 Å². The highest BCUT2D eigenvalue weighted by Gasteiger charge is 2.60. The summed E-state index contributed by atoms with van der Waals surface area (Å²) in [6.45, 7) is 16.0. The molecular weight excluding hydrogens is 1270 g/mol. The summed E-state index contributed by atoms with van der Waals surface area (Å²) < 4.78 is 22.6. The number of ether oxygens (including phenoxy) is 3. The predicted molar refractivity (Wildman–Crippen MR) is 386 cm³/mol. The van der Waals surface area contributed by atoms with Crippen LogP contribution in [0.4, 0.5) is 0 Å². The Balaban J connectivity index is 0.000000123. The minimum Gasteiger partial charge on any atom is -0.466 e. The molecule has 101 heavy (non-hydrogen) atoms. The standard InChI is InChI=1S/C29H43N3O3.C27H39N3O3.C27H41N3O3/c1-3-35-28(34)22-9-10-24-25(14-22)32(23-7-5-4-6-8-23)31-26(24)27(33)30-18(2)29-15-19-11-20(16-29)13-21(12-19)17-29;1-2-33-27(32)21-9-6-10-22-23(21)25(29-30(22)20-7-4-3-5-8-20)26(31)28-24-18-12-16-11-17(14-18)15-19(24)13-16;1-5-33-24(32)17-11-12-20-21(15-17)30(19-9-7-6-8-10-19)29-22(20)23(31)28-25-26(2,3)18-13-14-27(25,4)16-18/h18-23H,3-17H2,1-2H3,(H,30,33);16-21,24H,2-15H2,1H3,(H,28,31);17-19,25H,5-16H2,1-4H3,(H,28,31). The van der Waals surface area contributed by atoms with Gasteiger partial charge in [0.25, 0.3) is 17.7 Å². The molecule has 0 radical (unpaired) electrons. The molecule has 16 aliphatic carbocycles. The minimum absolute atomic E-state index is 0.00800. The molecule has 3 heterocycles. The van der Waals surface area contributed by atoms with Gasteiger partial charge in [0.15, 0.2) is 17.1 Å². The topological polar surface area (TPSA) is 220 Å². The lowest BCUT2D eigenvalue weighted by atomic mass is 9.48. The minimum atomic E-state index is -0.356. The van der Waals surface area contributed by atoms with E-state index < -0.39 is 0 Å². The maximum Gasteiger partial charge on any atom is 0.313 e. The molecule has 7 unspecified atom stereocenters. The smallest absolute Gasteiger partial charge is 0.313 e. The van der Waals surface area contributed by atoms with Crippen LogP contribution >= 0.6 is 0 Å². The summed E-state index contributed by atoms with van der Waals surface area (Å²) in [6.07, 6.45) is 42.9. The van der Waals surface area contributed by atoms with Crippen LogP contribution in [0.1, 0.15) is 350 Å².